The van der Waals surface area contributed by atoms with Crippen molar-refractivity contribution in [3.63, 3.8) is 0 Å². The first-order valence-corrected chi connectivity index (χ1v) is 17.1. The molecule has 0 radical (unpaired) electrons. The number of hydrogen-bond donors (Lipinski definition) is 0. The van der Waals surface area contributed by atoms with Crippen LogP contribution in [0.15, 0.2) is 191 Å². The lowest BCUT2D eigenvalue weighted by atomic mass is 9.98. The molecule has 0 aliphatic carbocycles. The summed E-state index contributed by atoms with van der Waals surface area (Å²) in [7, 11) is 0. The highest BCUT2D eigenvalue weighted by molar-refractivity contribution is 6.17. The van der Waals surface area contributed by atoms with Crippen molar-refractivity contribution in [2.75, 3.05) is 4.90 Å². The molecule has 2 aromatic heterocycles. The van der Waals surface area contributed by atoms with Gasteiger partial charge in [-0.3, -0.25) is 0 Å². The van der Waals surface area contributed by atoms with E-state index in [9.17, 15) is 0 Å². The summed E-state index contributed by atoms with van der Waals surface area (Å²) in [6, 6.07) is 63.5. The first kappa shape index (κ1) is 29.0. The molecule has 10 aromatic rings. The minimum absolute atomic E-state index is 0.598. The second-order valence-electron chi connectivity index (χ2n) is 12.8. The maximum absolute atomic E-state index is 6.54. The summed E-state index contributed by atoms with van der Waals surface area (Å²) < 4.78 is 12.8. The van der Waals surface area contributed by atoms with Gasteiger partial charge in [0.1, 0.15) is 16.7 Å². The predicted molar refractivity (Wildman–Crippen MR) is 210 cm³/mol. The van der Waals surface area contributed by atoms with Crippen LogP contribution in [0.3, 0.4) is 0 Å². The van der Waals surface area contributed by atoms with E-state index in [1.54, 1.807) is 0 Å². The Hall–Kier alpha value is -6.91. The Labute approximate surface area is 294 Å². The van der Waals surface area contributed by atoms with Crippen LogP contribution in [0.4, 0.5) is 17.1 Å². The monoisotopic (exact) mass is 654 g/mol. The zero-order valence-corrected chi connectivity index (χ0v) is 27.5. The van der Waals surface area contributed by atoms with Crippen LogP contribution in [-0.2, 0) is 0 Å². The number of anilines is 3. The van der Waals surface area contributed by atoms with E-state index in [0.29, 0.717) is 5.89 Å². The van der Waals surface area contributed by atoms with Gasteiger partial charge in [-0.25, -0.2) is 4.98 Å². The van der Waals surface area contributed by atoms with Crippen molar-refractivity contribution in [1.82, 2.24) is 4.98 Å². The molecule has 0 fully saturated rings. The van der Waals surface area contributed by atoms with E-state index in [2.05, 4.69) is 144 Å². The first-order chi connectivity index (χ1) is 25.3. The van der Waals surface area contributed by atoms with E-state index in [4.69, 9.17) is 13.8 Å². The summed E-state index contributed by atoms with van der Waals surface area (Å²) in [5.41, 5.74) is 11.8. The summed E-state index contributed by atoms with van der Waals surface area (Å²) in [6.45, 7) is 0. The zero-order chi connectivity index (χ0) is 33.7. The van der Waals surface area contributed by atoms with Gasteiger partial charge in [-0.2, -0.15) is 0 Å². The average molecular weight is 655 g/mol. The largest absolute Gasteiger partial charge is 0.456 e. The number of benzene rings is 8. The van der Waals surface area contributed by atoms with Crippen LogP contribution in [-0.4, -0.2) is 4.98 Å². The van der Waals surface area contributed by atoms with Crippen molar-refractivity contribution in [3.05, 3.63) is 182 Å². The fourth-order valence-electron chi connectivity index (χ4n) is 7.25. The van der Waals surface area contributed by atoms with Gasteiger partial charge < -0.3 is 13.7 Å². The molecule has 4 nitrogen and oxygen atoms in total. The molecular weight excluding hydrogens is 625 g/mol. The molecule has 0 atom stereocenters. The van der Waals surface area contributed by atoms with E-state index in [0.717, 1.165) is 61.2 Å². The Morgan fingerprint density at radius 3 is 1.90 bits per heavy atom. The van der Waals surface area contributed by atoms with Crippen molar-refractivity contribution in [2.24, 2.45) is 0 Å². The minimum Gasteiger partial charge on any atom is -0.456 e. The van der Waals surface area contributed by atoms with E-state index in [-0.39, 0.29) is 0 Å². The third-order valence-electron chi connectivity index (χ3n) is 9.69. The van der Waals surface area contributed by atoms with Gasteiger partial charge in [-0.15, -0.1) is 0 Å². The molecule has 240 valence electrons. The maximum atomic E-state index is 6.54. The van der Waals surface area contributed by atoms with Crippen molar-refractivity contribution in [1.29, 1.82) is 0 Å². The average Bonchev–Trinajstić information content (AvgIpc) is 3.80. The van der Waals surface area contributed by atoms with E-state index in [1.807, 2.05) is 42.5 Å². The molecule has 0 saturated heterocycles. The van der Waals surface area contributed by atoms with Crippen LogP contribution in [0.2, 0.25) is 0 Å². The molecule has 0 aliphatic rings. The van der Waals surface area contributed by atoms with Gasteiger partial charge in [0.2, 0.25) is 5.89 Å². The molecule has 0 amide bonds. The Bertz CT molecular complexity index is 2850. The Morgan fingerprint density at radius 2 is 1.06 bits per heavy atom. The fourth-order valence-corrected chi connectivity index (χ4v) is 7.25. The molecule has 0 aliphatic heterocycles. The standard InChI is InChI=1S/C47H30N2O2/c1-3-11-31(12-4-1)35-17-9-18-37(29-35)49(36-23-21-33(22-24-36)40-20-10-16-32-13-7-8-19-39(32)40)38-25-26-41-44(30-38)50-42-27-28-43-46(45(41)42)48-47(51-43)34-14-5-2-6-15-34/h1-30H. The molecule has 10 rings (SSSR count). The van der Waals surface area contributed by atoms with Crippen LogP contribution in [0.5, 0.6) is 0 Å². The number of nitrogens with zero attached hydrogens (tertiary/aromatic N) is 2. The molecule has 0 bridgehead atoms. The van der Waals surface area contributed by atoms with Crippen LogP contribution in [0.1, 0.15) is 0 Å². The van der Waals surface area contributed by atoms with Gasteiger partial charge in [-0.1, -0.05) is 115 Å². The normalized spacial score (nSPS) is 11.5. The van der Waals surface area contributed by atoms with E-state index >= 15 is 0 Å². The van der Waals surface area contributed by atoms with Crippen LogP contribution in [0, 0.1) is 0 Å². The van der Waals surface area contributed by atoms with Crippen molar-refractivity contribution >= 4 is 60.9 Å². The SMILES string of the molecule is c1ccc(-c2cccc(N(c3ccc(-c4cccc5ccccc45)cc3)c3ccc4c(c3)oc3ccc5oc(-c6ccccc6)nc5c34)c2)cc1. The minimum atomic E-state index is 0.598. The van der Waals surface area contributed by atoms with Gasteiger partial charge in [-0.05, 0) is 93.7 Å². The molecule has 0 unspecified atom stereocenters. The Kier molecular flexibility index (Phi) is 6.78. The predicted octanol–water partition coefficient (Wildman–Crippen LogP) is 13.4. The third kappa shape index (κ3) is 5.04. The zero-order valence-electron chi connectivity index (χ0n) is 27.5. The molecule has 0 spiro atoms. The molecule has 0 N–H and O–H groups in total. The second kappa shape index (κ2) is 11.9. The van der Waals surface area contributed by atoms with E-state index in [1.165, 1.54) is 27.5 Å². The lowest BCUT2D eigenvalue weighted by Gasteiger charge is -2.26. The maximum Gasteiger partial charge on any atom is 0.227 e. The number of hydrogen-bond acceptors (Lipinski definition) is 4. The Morgan fingerprint density at radius 1 is 0.392 bits per heavy atom. The summed E-state index contributed by atoms with van der Waals surface area (Å²) in [4.78, 5) is 7.24. The highest BCUT2D eigenvalue weighted by Gasteiger charge is 2.20. The van der Waals surface area contributed by atoms with Crippen LogP contribution >= 0.6 is 0 Å². The number of oxazole rings is 1. The molecular formula is C47H30N2O2. The molecule has 4 heteroatoms. The van der Waals surface area contributed by atoms with E-state index < -0.39 is 0 Å². The summed E-state index contributed by atoms with van der Waals surface area (Å²) in [5.74, 6) is 0.598. The van der Waals surface area contributed by atoms with Crippen molar-refractivity contribution < 1.29 is 8.83 Å². The number of rotatable bonds is 6. The molecule has 0 saturated carbocycles. The lowest BCUT2D eigenvalue weighted by Crippen LogP contribution is -2.10. The fraction of sp³-hybridized carbons (Fsp3) is 0. The molecule has 2 heterocycles. The molecule has 51 heavy (non-hydrogen) atoms. The van der Waals surface area contributed by atoms with Crippen molar-refractivity contribution in [2.45, 2.75) is 0 Å². The number of aromatic nitrogens is 1. The highest BCUT2D eigenvalue weighted by Crippen LogP contribution is 2.42. The quantitative estimate of drug-likeness (QED) is 0.179. The third-order valence-corrected chi connectivity index (χ3v) is 9.69. The summed E-state index contributed by atoms with van der Waals surface area (Å²) >= 11 is 0. The Balaban J connectivity index is 1.12. The van der Waals surface area contributed by atoms with Gasteiger partial charge in [0.05, 0.1) is 5.39 Å². The summed E-state index contributed by atoms with van der Waals surface area (Å²) in [6.07, 6.45) is 0. The van der Waals surface area contributed by atoms with Gasteiger partial charge in [0.15, 0.2) is 5.58 Å². The van der Waals surface area contributed by atoms with Crippen molar-refractivity contribution in [3.8, 4) is 33.7 Å². The molecule has 8 aromatic carbocycles. The van der Waals surface area contributed by atoms with Gasteiger partial charge >= 0.3 is 0 Å². The van der Waals surface area contributed by atoms with Gasteiger partial charge in [0.25, 0.3) is 0 Å². The number of furan rings is 1. The second-order valence-corrected chi connectivity index (χ2v) is 12.8. The highest BCUT2D eigenvalue weighted by atomic mass is 16.4. The summed E-state index contributed by atoms with van der Waals surface area (Å²) in [5, 5.41) is 4.43. The smallest absolute Gasteiger partial charge is 0.227 e. The topological polar surface area (TPSA) is 42.4 Å². The lowest BCUT2D eigenvalue weighted by molar-refractivity contribution is 0.619. The number of fused-ring (bicyclic) bond motifs is 6. The van der Waals surface area contributed by atoms with Gasteiger partial charge in [0, 0.05) is 34.1 Å². The van der Waals surface area contributed by atoms with Crippen LogP contribution < -0.4 is 4.90 Å². The van der Waals surface area contributed by atoms with Crippen LogP contribution in [0.25, 0.3) is 77.5 Å². The first-order valence-electron chi connectivity index (χ1n) is 17.1.